The molecular formula is C13H15BrFN3S. The molecule has 1 aromatic carbocycles. The van der Waals surface area contributed by atoms with Gasteiger partial charge in [0.25, 0.3) is 0 Å². The van der Waals surface area contributed by atoms with Gasteiger partial charge in [0.2, 0.25) is 0 Å². The standard InChI is InChI=1S/C13H15BrFN3S/c1-8(2)6-16-7-12-17-18-13(19-12)9-3-10(14)5-11(15)4-9/h3-5,8,16H,6-7H2,1-2H3. The first kappa shape index (κ1) is 14.6. The molecule has 3 nitrogen and oxygen atoms in total. The average Bonchev–Trinajstić information content (AvgIpc) is 2.76. The Morgan fingerprint density at radius 1 is 1.32 bits per heavy atom. The van der Waals surface area contributed by atoms with Gasteiger partial charge in [0.1, 0.15) is 15.8 Å². The van der Waals surface area contributed by atoms with Crippen molar-refractivity contribution in [3.05, 3.63) is 33.5 Å². The summed E-state index contributed by atoms with van der Waals surface area (Å²) >= 11 is 4.76. The SMILES string of the molecule is CC(C)CNCc1nnc(-c2cc(F)cc(Br)c2)s1. The van der Waals surface area contributed by atoms with Crippen LogP contribution in [0.4, 0.5) is 4.39 Å². The molecular weight excluding hydrogens is 329 g/mol. The summed E-state index contributed by atoms with van der Waals surface area (Å²) in [4.78, 5) is 0. The Balaban J connectivity index is 2.07. The third-order valence-electron chi connectivity index (χ3n) is 2.41. The molecule has 102 valence electrons. The predicted molar refractivity (Wildman–Crippen MR) is 79.5 cm³/mol. The normalized spacial score (nSPS) is 11.2. The Bertz CT molecular complexity index is 536. The lowest BCUT2D eigenvalue weighted by Gasteiger charge is -2.04. The summed E-state index contributed by atoms with van der Waals surface area (Å²) in [6, 6.07) is 4.74. The Labute approximate surface area is 124 Å². The Morgan fingerprint density at radius 2 is 2.11 bits per heavy atom. The van der Waals surface area contributed by atoms with E-state index in [1.807, 2.05) is 6.07 Å². The van der Waals surface area contributed by atoms with Crippen LogP contribution >= 0.6 is 27.3 Å². The van der Waals surface area contributed by atoms with Crippen LogP contribution in [0.15, 0.2) is 22.7 Å². The third-order valence-corrected chi connectivity index (χ3v) is 3.84. The zero-order chi connectivity index (χ0) is 13.8. The fourth-order valence-electron chi connectivity index (χ4n) is 1.59. The molecule has 0 radical (unpaired) electrons. The van der Waals surface area contributed by atoms with Gasteiger partial charge in [-0.1, -0.05) is 41.1 Å². The summed E-state index contributed by atoms with van der Waals surface area (Å²) in [5.41, 5.74) is 0.750. The average molecular weight is 344 g/mol. The molecule has 19 heavy (non-hydrogen) atoms. The number of rotatable bonds is 5. The summed E-state index contributed by atoms with van der Waals surface area (Å²) < 4.78 is 14.0. The van der Waals surface area contributed by atoms with Crippen LogP contribution in [0.2, 0.25) is 0 Å². The molecule has 0 saturated carbocycles. The summed E-state index contributed by atoms with van der Waals surface area (Å²) in [6.45, 7) is 5.96. The number of benzene rings is 1. The van der Waals surface area contributed by atoms with E-state index in [4.69, 9.17) is 0 Å². The van der Waals surface area contributed by atoms with E-state index in [9.17, 15) is 4.39 Å². The van der Waals surface area contributed by atoms with Gasteiger partial charge in [0.15, 0.2) is 0 Å². The topological polar surface area (TPSA) is 37.8 Å². The first-order valence-corrected chi connectivity index (χ1v) is 7.65. The second-order valence-electron chi connectivity index (χ2n) is 4.68. The highest BCUT2D eigenvalue weighted by atomic mass is 79.9. The summed E-state index contributed by atoms with van der Waals surface area (Å²) in [6.07, 6.45) is 0. The molecule has 0 unspecified atom stereocenters. The van der Waals surface area contributed by atoms with Crippen LogP contribution in [0.1, 0.15) is 18.9 Å². The van der Waals surface area contributed by atoms with Gasteiger partial charge in [0.05, 0.1) is 0 Å². The molecule has 0 amide bonds. The number of hydrogen-bond acceptors (Lipinski definition) is 4. The van der Waals surface area contributed by atoms with Crippen LogP contribution < -0.4 is 5.32 Å². The van der Waals surface area contributed by atoms with E-state index >= 15 is 0 Å². The number of aromatic nitrogens is 2. The van der Waals surface area contributed by atoms with Crippen LogP contribution in [0.3, 0.4) is 0 Å². The lowest BCUT2D eigenvalue weighted by Crippen LogP contribution is -2.18. The highest BCUT2D eigenvalue weighted by Gasteiger charge is 2.08. The maximum atomic E-state index is 13.3. The van der Waals surface area contributed by atoms with Crippen molar-refractivity contribution < 1.29 is 4.39 Å². The summed E-state index contributed by atoms with van der Waals surface area (Å²) in [7, 11) is 0. The van der Waals surface area contributed by atoms with Gasteiger partial charge in [-0.2, -0.15) is 0 Å². The van der Waals surface area contributed by atoms with Crippen molar-refractivity contribution in [1.82, 2.24) is 15.5 Å². The number of halogens is 2. The molecule has 0 bridgehead atoms. The van der Waals surface area contributed by atoms with Gasteiger partial charge >= 0.3 is 0 Å². The van der Waals surface area contributed by atoms with Crippen molar-refractivity contribution in [3.63, 3.8) is 0 Å². The maximum Gasteiger partial charge on any atom is 0.147 e. The van der Waals surface area contributed by atoms with E-state index in [1.54, 1.807) is 0 Å². The molecule has 0 fully saturated rings. The van der Waals surface area contributed by atoms with Gasteiger partial charge in [-0.15, -0.1) is 10.2 Å². The molecule has 0 spiro atoms. The first-order chi connectivity index (χ1) is 9.04. The Kier molecular flexibility index (Phi) is 5.01. The van der Waals surface area contributed by atoms with Gasteiger partial charge in [-0.05, 0) is 30.7 Å². The minimum Gasteiger partial charge on any atom is -0.310 e. The highest BCUT2D eigenvalue weighted by Crippen LogP contribution is 2.27. The molecule has 0 aliphatic rings. The molecule has 2 aromatic rings. The number of nitrogens with zero attached hydrogens (tertiary/aromatic N) is 2. The molecule has 1 N–H and O–H groups in total. The lowest BCUT2D eigenvalue weighted by atomic mass is 10.2. The van der Waals surface area contributed by atoms with Crippen LogP contribution in [0, 0.1) is 11.7 Å². The van der Waals surface area contributed by atoms with E-state index in [0.29, 0.717) is 16.9 Å². The second-order valence-corrected chi connectivity index (χ2v) is 6.66. The lowest BCUT2D eigenvalue weighted by molar-refractivity contribution is 0.550. The second kappa shape index (κ2) is 6.54. The highest BCUT2D eigenvalue weighted by molar-refractivity contribution is 9.10. The van der Waals surface area contributed by atoms with Gasteiger partial charge < -0.3 is 5.32 Å². The fraction of sp³-hybridized carbons (Fsp3) is 0.385. The van der Waals surface area contributed by atoms with Gasteiger partial charge in [-0.25, -0.2) is 4.39 Å². The Hall–Kier alpha value is -0.850. The molecule has 0 atom stereocenters. The molecule has 0 aliphatic heterocycles. The Morgan fingerprint density at radius 3 is 2.79 bits per heavy atom. The van der Waals surface area contributed by atoms with E-state index in [0.717, 1.165) is 22.1 Å². The zero-order valence-electron chi connectivity index (χ0n) is 10.8. The van der Waals surface area contributed by atoms with Crippen LogP contribution in [0.25, 0.3) is 10.6 Å². The van der Waals surface area contributed by atoms with Crippen molar-refractivity contribution in [2.24, 2.45) is 5.92 Å². The van der Waals surface area contributed by atoms with Gasteiger partial charge in [0, 0.05) is 16.6 Å². The van der Waals surface area contributed by atoms with E-state index < -0.39 is 0 Å². The minimum atomic E-state index is -0.279. The van der Waals surface area contributed by atoms with E-state index in [-0.39, 0.29) is 5.82 Å². The summed E-state index contributed by atoms with van der Waals surface area (Å²) in [5, 5.41) is 13.2. The van der Waals surface area contributed by atoms with Crippen molar-refractivity contribution in [3.8, 4) is 10.6 Å². The molecule has 0 aliphatic carbocycles. The van der Waals surface area contributed by atoms with Crippen molar-refractivity contribution in [2.75, 3.05) is 6.54 Å². The molecule has 6 heteroatoms. The van der Waals surface area contributed by atoms with Crippen molar-refractivity contribution in [2.45, 2.75) is 20.4 Å². The van der Waals surface area contributed by atoms with E-state index in [2.05, 4.69) is 45.3 Å². The largest absolute Gasteiger partial charge is 0.310 e. The quantitative estimate of drug-likeness (QED) is 0.895. The van der Waals surface area contributed by atoms with Crippen molar-refractivity contribution >= 4 is 27.3 Å². The third kappa shape index (κ3) is 4.33. The van der Waals surface area contributed by atoms with Gasteiger partial charge in [-0.3, -0.25) is 0 Å². The van der Waals surface area contributed by atoms with E-state index in [1.165, 1.54) is 23.5 Å². The molecule has 0 saturated heterocycles. The molecule has 2 rings (SSSR count). The first-order valence-electron chi connectivity index (χ1n) is 6.04. The smallest absolute Gasteiger partial charge is 0.147 e. The maximum absolute atomic E-state index is 13.3. The van der Waals surface area contributed by atoms with Crippen LogP contribution in [-0.2, 0) is 6.54 Å². The van der Waals surface area contributed by atoms with Crippen LogP contribution in [0.5, 0.6) is 0 Å². The zero-order valence-corrected chi connectivity index (χ0v) is 13.2. The predicted octanol–water partition coefficient (Wildman–Crippen LogP) is 3.85. The summed E-state index contributed by atoms with van der Waals surface area (Å²) in [5.74, 6) is 0.325. The van der Waals surface area contributed by atoms with Crippen LogP contribution in [-0.4, -0.2) is 16.7 Å². The molecule has 1 aromatic heterocycles. The minimum absolute atomic E-state index is 0.279. The number of hydrogen-bond donors (Lipinski definition) is 1. The monoisotopic (exact) mass is 343 g/mol. The number of nitrogens with one attached hydrogen (secondary N) is 1. The molecule has 1 heterocycles. The van der Waals surface area contributed by atoms with Crippen molar-refractivity contribution in [1.29, 1.82) is 0 Å². The fourth-order valence-corrected chi connectivity index (χ4v) is 2.85.